The molecule has 91 heavy (non-hydrogen) atoms. The van der Waals surface area contributed by atoms with Gasteiger partial charge in [0.2, 0.25) is 5.91 Å². The zero-order valence-electron chi connectivity index (χ0n) is 59.2. The summed E-state index contributed by atoms with van der Waals surface area (Å²) in [6, 6.07) is -1.03. The Morgan fingerprint density at radius 1 is 0.429 bits per heavy atom. The first kappa shape index (κ1) is 86.1. The molecule has 1 rings (SSSR count). The van der Waals surface area contributed by atoms with Gasteiger partial charge in [0, 0.05) is 6.42 Å². The Hall–Kier alpha value is -2.90. The van der Waals surface area contributed by atoms with Crippen LogP contribution in [0.25, 0.3) is 0 Å². The third-order valence-electron chi connectivity index (χ3n) is 18.1. The maximum atomic E-state index is 13.5. The van der Waals surface area contributed by atoms with Gasteiger partial charge >= 0.3 is 5.97 Å². The van der Waals surface area contributed by atoms with E-state index in [1.165, 1.54) is 238 Å². The highest BCUT2D eigenvalue weighted by Gasteiger charge is 2.47. The topological polar surface area (TPSA) is 175 Å². The van der Waals surface area contributed by atoms with Crippen LogP contribution in [-0.4, -0.2) is 99.6 Å². The van der Waals surface area contributed by atoms with Gasteiger partial charge in [0.1, 0.15) is 24.4 Å². The highest BCUT2D eigenvalue weighted by molar-refractivity contribution is 5.80. The number of amides is 1. The molecular weight excluding hydrogens is 1130 g/mol. The van der Waals surface area contributed by atoms with E-state index in [1.54, 1.807) is 6.08 Å². The van der Waals surface area contributed by atoms with Crippen molar-refractivity contribution in [1.29, 1.82) is 0 Å². The van der Waals surface area contributed by atoms with Gasteiger partial charge in [0.15, 0.2) is 12.4 Å². The summed E-state index contributed by atoms with van der Waals surface area (Å²) in [4.78, 5) is 26.8. The third-order valence-corrected chi connectivity index (χ3v) is 18.1. The van der Waals surface area contributed by atoms with Crippen molar-refractivity contribution in [3.63, 3.8) is 0 Å². The standard InChI is InChI=1S/C80H145NO10/c1-4-7-10-13-16-19-22-25-27-29-31-33-35-36-37-38-39-41-43-45-47-50-53-56-59-62-65-68-75(85)91-78-77(87)76(86)74(69-82)90-80(78)89-70-71(72(83)66-63-60-57-54-51-48-24-21-18-15-12-9-6-3)81-79(88)73(84)67-64-61-58-55-52-49-46-44-42-40-34-32-30-28-26-23-20-17-14-11-8-5-2/h16-17,19-20,25-28,31,33,63,66,71-74,76-78,80,82-84,86-87H,4-15,18,21-24,29-30,32,34-62,64-65,67-70H2,1-3H3,(H,81,88)/b19-16-,20-17-,27-25-,28-26-,33-31-,66-63+. The molecule has 0 radical (unpaired) electrons. The summed E-state index contributed by atoms with van der Waals surface area (Å²) in [5.74, 6) is -1.18. The normalized spacial score (nSPS) is 18.4. The maximum Gasteiger partial charge on any atom is 0.306 e. The second kappa shape index (κ2) is 67.1. The van der Waals surface area contributed by atoms with Gasteiger partial charge in [0.25, 0.3) is 0 Å². The van der Waals surface area contributed by atoms with Crippen LogP contribution in [0.5, 0.6) is 0 Å². The van der Waals surface area contributed by atoms with Gasteiger partial charge in [-0.15, -0.1) is 0 Å². The minimum Gasteiger partial charge on any atom is -0.454 e. The summed E-state index contributed by atoms with van der Waals surface area (Å²) in [5.41, 5.74) is 0. The first-order valence-electron chi connectivity index (χ1n) is 38.7. The lowest BCUT2D eigenvalue weighted by Crippen LogP contribution is -2.61. The molecule has 0 spiro atoms. The smallest absolute Gasteiger partial charge is 0.306 e. The number of carbonyl (C=O) groups excluding carboxylic acids is 2. The molecule has 0 saturated carbocycles. The average Bonchev–Trinajstić information content (AvgIpc) is 1.11. The molecule has 6 N–H and O–H groups in total. The number of rotatable bonds is 67. The van der Waals surface area contributed by atoms with E-state index in [0.717, 1.165) is 77.0 Å². The summed E-state index contributed by atoms with van der Waals surface area (Å²) < 4.78 is 17.8. The largest absolute Gasteiger partial charge is 0.454 e. The van der Waals surface area contributed by atoms with E-state index in [-0.39, 0.29) is 13.0 Å². The Labute approximate surface area is 560 Å². The van der Waals surface area contributed by atoms with Crippen LogP contribution < -0.4 is 5.32 Å². The molecule has 1 aliphatic heterocycles. The second-order valence-electron chi connectivity index (χ2n) is 26.7. The maximum absolute atomic E-state index is 13.5. The molecule has 11 nitrogen and oxygen atoms in total. The summed E-state index contributed by atoms with van der Waals surface area (Å²) >= 11 is 0. The summed E-state index contributed by atoms with van der Waals surface area (Å²) in [5, 5.41) is 57.4. The molecule has 1 amide bonds. The first-order valence-corrected chi connectivity index (χ1v) is 38.7. The van der Waals surface area contributed by atoms with Crippen LogP contribution in [0.3, 0.4) is 0 Å². The second-order valence-corrected chi connectivity index (χ2v) is 26.7. The van der Waals surface area contributed by atoms with Crippen molar-refractivity contribution < 1.29 is 49.3 Å². The van der Waals surface area contributed by atoms with E-state index in [0.29, 0.717) is 19.3 Å². The van der Waals surface area contributed by atoms with Crippen LogP contribution in [0.15, 0.2) is 72.9 Å². The number of hydrogen-bond acceptors (Lipinski definition) is 10. The van der Waals surface area contributed by atoms with Gasteiger partial charge < -0.3 is 45.1 Å². The van der Waals surface area contributed by atoms with Crippen molar-refractivity contribution in [3.05, 3.63) is 72.9 Å². The van der Waals surface area contributed by atoms with E-state index in [9.17, 15) is 35.1 Å². The molecule has 11 heteroatoms. The third kappa shape index (κ3) is 54.0. The quantitative estimate of drug-likeness (QED) is 0.0195. The van der Waals surface area contributed by atoms with Crippen LogP contribution >= 0.6 is 0 Å². The Bertz CT molecular complexity index is 1760. The number of unbranched alkanes of at least 4 members (excludes halogenated alkanes) is 43. The zero-order valence-corrected chi connectivity index (χ0v) is 59.2. The van der Waals surface area contributed by atoms with E-state index in [4.69, 9.17) is 14.2 Å². The van der Waals surface area contributed by atoms with E-state index in [2.05, 4.69) is 86.8 Å². The monoisotopic (exact) mass is 1280 g/mol. The van der Waals surface area contributed by atoms with Crippen LogP contribution in [0, 0.1) is 0 Å². The van der Waals surface area contributed by atoms with E-state index < -0.39 is 67.4 Å². The van der Waals surface area contributed by atoms with Crippen molar-refractivity contribution >= 4 is 11.9 Å². The molecule has 0 aromatic heterocycles. The molecule has 1 heterocycles. The molecule has 8 unspecified atom stereocenters. The summed E-state index contributed by atoms with van der Waals surface area (Å²) in [6.07, 6.45) is 78.0. The number of esters is 1. The van der Waals surface area contributed by atoms with E-state index in [1.807, 2.05) is 6.08 Å². The molecule has 8 atom stereocenters. The SMILES string of the molecule is CCCCC/C=C\C/C=C\C/C=C\CCCCCCCCCCCCCCCCC(=O)OC1C(OCC(NC(=O)C(O)CCCCCCCCCCCCCC/C=C\C/C=C\CCCCC)C(O)/C=C/CCCCCCCCCCCCC)OC(CO)C(O)C1O. The molecule has 0 bridgehead atoms. The Balaban J connectivity index is 2.52. The van der Waals surface area contributed by atoms with Crippen molar-refractivity contribution in [1.82, 2.24) is 5.32 Å². The van der Waals surface area contributed by atoms with Gasteiger partial charge in [-0.05, 0) is 96.3 Å². The summed E-state index contributed by atoms with van der Waals surface area (Å²) in [6.45, 7) is 5.79. The minimum atomic E-state index is -1.62. The van der Waals surface area contributed by atoms with E-state index >= 15 is 0 Å². The Morgan fingerprint density at radius 2 is 0.758 bits per heavy atom. The Morgan fingerprint density at radius 3 is 1.15 bits per heavy atom. The number of aliphatic hydroxyl groups excluding tert-OH is 5. The predicted molar refractivity (Wildman–Crippen MR) is 384 cm³/mol. The van der Waals surface area contributed by atoms with Gasteiger partial charge in [-0.1, -0.05) is 331 Å². The van der Waals surface area contributed by atoms with Crippen molar-refractivity contribution in [2.75, 3.05) is 13.2 Å². The van der Waals surface area contributed by atoms with Gasteiger partial charge in [-0.2, -0.15) is 0 Å². The number of allylic oxidation sites excluding steroid dienone is 11. The van der Waals surface area contributed by atoms with Gasteiger partial charge in [-0.3, -0.25) is 9.59 Å². The predicted octanol–water partition coefficient (Wildman–Crippen LogP) is 20.6. The van der Waals surface area contributed by atoms with Crippen molar-refractivity contribution in [2.45, 2.75) is 410 Å². The zero-order chi connectivity index (χ0) is 66.0. The number of ether oxygens (including phenoxy) is 3. The summed E-state index contributed by atoms with van der Waals surface area (Å²) in [7, 11) is 0. The molecule has 1 aliphatic rings. The van der Waals surface area contributed by atoms with Crippen molar-refractivity contribution in [2.24, 2.45) is 0 Å². The molecular formula is C80H145NO10. The van der Waals surface area contributed by atoms with Gasteiger partial charge in [-0.25, -0.2) is 0 Å². The minimum absolute atomic E-state index is 0.123. The van der Waals surface area contributed by atoms with Crippen LogP contribution in [-0.2, 0) is 23.8 Å². The molecule has 530 valence electrons. The number of carbonyl (C=O) groups is 2. The number of aliphatic hydroxyl groups is 5. The lowest BCUT2D eigenvalue weighted by atomic mass is 9.99. The number of hydrogen-bond donors (Lipinski definition) is 6. The van der Waals surface area contributed by atoms with Crippen LogP contribution in [0.4, 0.5) is 0 Å². The molecule has 0 aromatic rings. The van der Waals surface area contributed by atoms with Gasteiger partial charge in [0.05, 0.1) is 25.4 Å². The number of nitrogens with one attached hydrogen (secondary N) is 1. The fraction of sp³-hybridized carbons (Fsp3) is 0.825. The molecule has 0 aliphatic carbocycles. The molecule has 0 aromatic carbocycles. The lowest BCUT2D eigenvalue weighted by Gasteiger charge is -2.41. The fourth-order valence-corrected chi connectivity index (χ4v) is 12.0. The lowest BCUT2D eigenvalue weighted by molar-refractivity contribution is -0.305. The van der Waals surface area contributed by atoms with Crippen molar-refractivity contribution in [3.8, 4) is 0 Å². The van der Waals surface area contributed by atoms with Crippen LogP contribution in [0.2, 0.25) is 0 Å². The highest BCUT2D eigenvalue weighted by Crippen LogP contribution is 2.27. The average molecular weight is 1280 g/mol. The first-order chi connectivity index (χ1) is 44.7. The molecule has 1 fully saturated rings. The van der Waals surface area contributed by atoms with Crippen LogP contribution in [0.1, 0.15) is 361 Å². The molecule has 1 saturated heterocycles. The fourth-order valence-electron chi connectivity index (χ4n) is 12.0. The Kier molecular flexibility index (Phi) is 63.5. The highest BCUT2D eigenvalue weighted by atomic mass is 16.7.